The lowest BCUT2D eigenvalue weighted by atomic mass is 10.00. The molecule has 2 aliphatic rings. The van der Waals surface area contributed by atoms with E-state index in [-0.39, 0.29) is 45.3 Å². The van der Waals surface area contributed by atoms with Crippen molar-refractivity contribution in [3.63, 3.8) is 0 Å². The quantitative estimate of drug-likeness (QED) is 0.0954. The standard InChI is InChI=1S/C53H56N10O6/c64-48-32-62(23-11-17-34-13-3-1-4-14-34)53(69)47-22-12-24-63(47)52(68)46(28-38-31-54-33-57-38)61-51(67)45(27-37-30-56-42-21-10-8-19-40(37)42)60-49(65)43(25-35-15-5-2-6-16-35)59-50(66)44(58-48)26-36-29-55-41-20-9-7-18-39(36)41/h1-10,13-16,18-21,29-31,33,43-47,55-56H,11-12,17,22-28,32H2,(H,54,57)(H,58,64)(H,59,66)(H,60,65)(H,61,67)/t43-,44+,45+,46+,47-/m1/s1. The minimum atomic E-state index is -1.24. The monoisotopic (exact) mass is 928 g/mol. The summed E-state index contributed by atoms with van der Waals surface area (Å²) in [5.74, 6) is -3.36. The van der Waals surface area contributed by atoms with Crippen molar-refractivity contribution in [1.29, 1.82) is 0 Å². The molecule has 0 unspecified atom stereocenters. The first-order valence-corrected chi connectivity index (χ1v) is 23.6. The van der Waals surface area contributed by atoms with Crippen LogP contribution in [0.4, 0.5) is 0 Å². The number of hydrogen-bond acceptors (Lipinski definition) is 7. The Morgan fingerprint density at radius 2 is 1.10 bits per heavy atom. The summed E-state index contributed by atoms with van der Waals surface area (Å²) >= 11 is 0. The van der Waals surface area contributed by atoms with Gasteiger partial charge in [-0.25, -0.2) is 4.98 Å². The van der Waals surface area contributed by atoms with Crippen LogP contribution in [0, 0.1) is 0 Å². The minimum absolute atomic E-state index is 0.0173. The number of benzene rings is 4. The van der Waals surface area contributed by atoms with Crippen molar-refractivity contribution < 1.29 is 28.8 Å². The molecule has 5 atom stereocenters. The summed E-state index contributed by atoms with van der Waals surface area (Å²) in [7, 11) is 0. The number of nitrogens with zero attached hydrogens (tertiary/aromatic N) is 3. The van der Waals surface area contributed by atoms with E-state index in [1.54, 1.807) is 18.6 Å². The molecule has 354 valence electrons. The summed E-state index contributed by atoms with van der Waals surface area (Å²) in [5, 5.41) is 13.6. The molecule has 2 fully saturated rings. The highest BCUT2D eigenvalue weighted by molar-refractivity contribution is 5.99. The number of rotatable bonds is 12. The molecule has 2 saturated heterocycles. The number of hydrogen-bond donors (Lipinski definition) is 7. The number of aryl methyl sites for hydroxylation is 1. The van der Waals surface area contributed by atoms with E-state index in [1.807, 2.05) is 109 Å². The van der Waals surface area contributed by atoms with Crippen LogP contribution in [0.1, 0.15) is 47.2 Å². The summed E-state index contributed by atoms with van der Waals surface area (Å²) < 4.78 is 0. The molecular formula is C53H56N10O6. The van der Waals surface area contributed by atoms with E-state index < -0.39 is 65.7 Å². The fourth-order valence-electron chi connectivity index (χ4n) is 9.65. The lowest BCUT2D eigenvalue weighted by Gasteiger charge is -2.33. The van der Waals surface area contributed by atoms with Crippen molar-refractivity contribution >= 4 is 57.2 Å². The van der Waals surface area contributed by atoms with Crippen LogP contribution in [0.25, 0.3) is 21.8 Å². The molecule has 0 aliphatic carbocycles. The summed E-state index contributed by atoms with van der Waals surface area (Å²) in [6.45, 7) is 0.0574. The fraction of sp³-hybridized carbons (Fsp3) is 0.302. The van der Waals surface area contributed by atoms with E-state index in [1.165, 1.54) is 16.1 Å². The molecule has 4 aromatic carbocycles. The first-order chi connectivity index (χ1) is 33.7. The Balaban J connectivity index is 1.10. The van der Waals surface area contributed by atoms with Crippen LogP contribution < -0.4 is 21.3 Å². The average molecular weight is 929 g/mol. The number of carbonyl (C=O) groups excluding carboxylic acids is 6. The topological polar surface area (TPSA) is 217 Å². The van der Waals surface area contributed by atoms with Crippen molar-refractivity contribution in [3.05, 3.63) is 162 Å². The van der Waals surface area contributed by atoms with Crippen LogP contribution in [0.15, 0.2) is 134 Å². The van der Waals surface area contributed by atoms with Gasteiger partial charge in [0.25, 0.3) is 0 Å². The molecule has 0 spiro atoms. The second-order valence-corrected chi connectivity index (χ2v) is 17.9. The Kier molecular flexibility index (Phi) is 14.2. The Labute approximate surface area is 399 Å². The van der Waals surface area contributed by atoms with Gasteiger partial charge in [0.05, 0.1) is 12.9 Å². The Bertz CT molecular complexity index is 2920. The van der Waals surface area contributed by atoms with Gasteiger partial charge < -0.3 is 46.0 Å². The fourth-order valence-corrected chi connectivity index (χ4v) is 9.65. The van der Waals surface area contributed by atoms with Gasteiger partial charge in [-0.2, -0.15) is 0 Å². The van der Waals surface area contributed by atoms with Crippen LogP contribution >= 0.6 is 0 Å². The van der Waals surface area contributed by atoms with Crippen LogP contribution in [-0.4, -0.2) is 115 Å². The van der Waals surface area contributed by atoms with Gasteiger partial charge in [0, 0.05) is 84.9 Å². The zero-order chi connectivity index (χ0) is 47.7. The molecular weight excluding hydrogens is 873 g/mol. The highest BCUT2D eigenvalue weighted by Crippen LogP contribution is 2.24. The van der Waals surface area contributed by atoms with Gasteiger partial charge >= 0.3 is 0 Å². The molecule has 7 N–H and O–H groups in total. The van der Waals surface area contributed by atoms with Gasteiger partial charge in [0.1, 0.15) is 30.2 Å². The zero-order valence-corrected chi connectivity index (χ0v) is 38.2. The molecule has 2 aliphatic heterocycles. The third kappa shape index (κ3) is 11.1. The molecule has 16 nitrogen and oxygen atoms in total. The lowest BCUT2D eigenvalue weighted by Crippen LogP contribution is -2.61. The third-order valence-corrected chi connectivity index (χ3v) is 13.2. The number of nitrogens with one attached hydrogen (secondary N) is 7. The van der Waals surface area contributed by atoms with Gasteiger partial charge in [-0.1, -0.05) is 97.1 Å². The van der Waals surface area contributed by atoms with Gasteiger partial charge in [0.2, 0.25) is 35.4 Å². The SMILES string of the molecule is O=C1CN(CCCc2ccccc2)C(=O)[C@H]2CCCN2C(=O)[C@H](Cc2cnc[nH]2)NC(=O)[C@H](Cc2c[nH]c3ccccc23)NC(=O)[C@@H](Cc2ccccc2)NC(=O)[C@H](Cc2c[nH]c3ccccc23)N1. The van der Waals surface area contributed by atoms with Crippen molar-refractivity contribution in [3.8, 4) is 0 Å². The Morgan fingerprint density at radius 1 is 0.551 bits per heavy atom. The van der Waals surface area contributed by atoms with Crippen molar-refractivity contribution in [2.75, 3.05) is 19.6 Å². The van der Waals surface area contributed by atoms with Gasteiger partial charge in [0.15, 0.2) is 0 Å². The van der Waals surface area contributed by atoms with Crippen molar-refractivity contribution in [1.82, 2.24) is 51.0 Å². The number of aromatic nitrogens is 4. The van der Waals surface area contributed by atoms with Gasteiger partial charge in [-0.15, -0.1) is 0 Å². The van der Waals surface area contributed by atoms with E-state index in [0.717, 1.165) is 44.1 Å². The molecule has 9 rings (SSSR count). The minimum Gasteiger partial charge on any atom is -0.361 e. The molecule has 16 heteroatoms. The molecule has 7 aromatic rings. The number of amides is 6. The number of aromatic amines is 3. The molecule has 69 heavy (non-hydrogen) atoms. The summed E-state index contributed by atoms with van der Waals surface area (Å²) in [6, 6.07) is 28.5. The van der Waals surface area contributed by atoms with Crippen molar-refractivity contribution in [2.24, 2.45) is 0 Å². The number of fused-ring (bicyclic) bond motifs is 3. The Hall–Kier alpha value is -8.01. The van der Waals surface area contributed by atoms with E-state index in [0.29, 0.717) is 31.4 Å². The molecule has 0 radical (unpaired) electrons. The second-order valence-electron chi connectivity index (χ2n) is 17.9. The predicted molar refractivity (Wildman–Crippen MR) is 260 cm³/mol. The summed E-state index contributed by atoms with van der Waals surface area (Å²) in [6.07, 6.45) is 8.80. The first kappa shape index (κ1) is 46.1. The van der Waals surface area contributed by atoms with Gasteiger partial charge in [-0.3, -0.25) is 28.8 Å². The highest BCUT2D eigenvalue weighted by Gasteiger charge is 2.41. The first-order valence-electron chi connectivity index (χ1n) is 23.6. The largest absolute Gasteiger partial charge is 0.361 e. The van der Waals surface area contributed by atoms with Crippen LogP contribution in [0.5, 0.6) is 0 Å². The van der Waals surface area contributed by atoms with E-state index in [4.69, 9.17) is 0 Å². The number of carbonyl (C=O) groups is 6. The maximum Gasteiger partial charge on any atom is 0.246 e. The van der Waals surface area contributed by atoms with Crippen LogP contribution in [0.2, 0.25) is 0 Å². The molecule has 6 amide bonds. The molecule has 0 saturated carbocycles. The second kappa shape index (κ2) is 21.3. The molecule has 5 heterocycles. The lowest BCUT2D eigenvalue weighted by molar-refractivity contribution is -0.147. The number of imidazole rings is 1. The highest BCUT2D eigenvalue weighted by atomic mass is 16.2. The van der Waals surface area contributed by atoms with Crippen LogP contribution in [0.3, 0.4) is 0 Å². The van der Waals surface area contributed by atoms with E-state index in [2.05, 4.69) is 41.2 Å². The average Bonchev–Trinajstić information content (AvgIpc) is 4.22. The predicted octanol–water partition coefficient (Wildman–Crippen LogP) is 4.05. The molecule has 3 aromatic heterocycles. The maximum atomic E-state index is 14.9. The van der Waals surface area contributed by atoms with Gasteiger partial charge in [-0.05, 0) is 60.1 Å². The third-order valence-electron chi connectivity index (χ3n) is 13.2. The van der Waals surface area contributed by atoms with E-state index >= 15 is 0 Å². The van der Waals surface area contributed by atoms with E-state index in [9.17, 15) is 28.8 Å². The van der Waals surface area contributed by atoms with Crippen LogP contribution in [-0.2, 0) is 60.9 Å². The normalized spacial score (nSPS) is 21.1. The number of H-pyrrole nitrogens is 3. The maximum absolute atomic E-state index is 14.9. The number of para-hydroxylation sites is 2. The smallest absolute Gasteiger partial charge is 0.246 e. The zero-order valence-electron chi connectivity index (χ0n) is 38.2. The Morgan fingerprint density at radius 3 is 1.71 bits per heavy atom. The summed E-state index contributed by atoms with van der Waals surface area (Å²) in [4.78, 5) is 106. The molecule has 0 bridgehead atoms. The van der Waals surface area contributed by atoms with Crippen molar-refractivity contribution in [2.45, 2.75) is 81.6 Å². The summed E-state index contributed by atoms with van der Waals surface area (Å²) in [5.41, 5.74) is 5.56.